The van der Waals surface area contributed by atoms with Crippen molar-refractivity contribution in [3.8, 4) is 11.5 Å². The minimum atomic E-state index is 0.539. The van der Waals surface area contributed by atoms with Gasteiger partial charge in [-0.05, 0) is 35.1 Å². The van der Waals surface area contributed by atoms with Gasteiger partial charge in [0.25, 0.3) is 0 Å². The van der Waals surface area contributed by atoms with Gasteiger partial charge in [-0.2, -0.15) is 0 Å². The van der Waals surface area contributed by atoms with Gasteiger partial charge in [0.05, 0.1) is 12.1 Å². The molecule has 2 aromatic rings. The van der Waals surface area contributed by atoms with Crippen molar-refractivity contribution in [3.63, 3.8) is 0 Å². The van der Waals surface area contributed by atoms with Crippen molar-refractivity contribution in [3.05, 3.63) is 34.6 Å². The number of hydrogen-bond acceptors (Lipinski definition) is 6. The lowest BCUT2D eigenvalue weighted by molar-refractivity contribution is 0.0984. The first-order valence-electron chi connectivity index (χ1n) is 6.96. The van der Waals surface area contributed by atoms with Crippen molar-refractivity contribution in [2.75, 3.05) is 33.2 Å². The van der Waals surface area contributed by atoms with Crippen LogP contribution in [0.3, 0.4) is 0 Å². The highest BCUT2D eigenvalue weighted by molar-refractivity contribution is 9.10. The predicted octanol–water partition coefficient (Wildman–Crippen LogP) is 1.75. The molecule has 0 unspecified atom stereocenters. The van der Waals surface area contributed by atoms with E-state index in [1.807, 2.05) is 24.3 Å². The van der Waals surface area contributed by atoms with E-state index < -0.39 is 0 Å². The maximum Gasteiger partial charge on any atom is 0.248 e. The number of benzene rings is 1. The van der Waals surface area contributed by atoms with Crippen molar-refractivity contribution in [1.29, 1.82) is 0 Å². The summed E-state index contributed by atoms with van der Waals surface area (Å²) in [5.41, 5.74) is 4.25. The molecule has 0 aliphatic carbocycles. The van der Waals surface area contributed by atoms with E-state index in [9.17, 15) is 0 Å². The third-order valence-electron chi connectivity index (χ3n) is 3.53. The average molecular weight is 352 g/mol. The second kappa shape index (κ2) is 6.65. The quantitative estimate of drug-likeness (QED) is 0.905. The first-order chi connectivity index (χ1) is 10.2. The van der Waals surface area contributed by atoms with Crippen LogP contribution in [0.1, 0.15) is 5.89 Å². The Morgan fingerprint density at radius 2 is 1.95 bits per heavy atom. The molecule has 1 aromatic carbocycles. The van der Waals surface area contributed by atoms with Crippen LogP contribution in [0.15, 0.2) is 33.2 Å². The number of piperazine rings is 1. The van der Waals surface area contributed by atoms with Gasteiger partial charge >= 0.3 is 0 Å². The molecule has 1 aliphatic heterocycles. The zero-order valence-electron chi connectivity index (χ0n) is 11.9. The van der Waals surface area contributed by atoms with E-state index in [1.54, 1.807) is 0 Å². The number of halogens is 1. The summed E-state index contributed by atoms with van der Waals surface area (Å²) in [5, 5.41) is 10.4. The summed E-state index contributed by atoms with van der Waals surface area (Å²) in [6.45, 7) is 4.70. The SMILES string of the molecule is CN1CCN(NCc2nnc(-c3ccccc3Br)o2)CC1. The molecule has 7 heteroatoms. The lowest BCUT2D eigenvalue weighted by Gasteiger charge is -2.32. The Morgan fingerprint density at radius 1 is 1.19 bits per heavy atom. The van der Waals surface area contributed by atoms with Gasteiger partial charge in [0, 0.05) is 30.7 Å². The molecule has 1 N–H and O–H groups in total. The monoisotopic (exact) mass is 351 g/mol. The predicted molar refractivity (Wildman–Crippen MR) is 83.3 cm³/mol. The second-order valence-corrected chi connectivity index (χ2v) is 5.96. The van der Waals surface area contributed by atoms with Crippen molar-refractivity contribution in [1.82, 2.24) is 25.5 Å². The molecule has 1 saturated heterocycles. The fourth-order valence-electron chi connectivity index (χ4n) is 2.21. The maximum atomic E-state index is 5.71. The minimum Gasteiger partial charge on any atom is -0.419 e. The number of hydrazine groups is 1. The highest BCUT2D eigenvalue weighted by Crippen LogP contribution is 2.26. The fourth-order valence-corrected chi connectivity index (χ4v) is 2.67. The van der Waals surface area contributed by atoms with Crippen molar-refractivity contribution in [2.24, 2.45) is 0 Å². The zero-order valence-corrected chi connectivity index (χ0v) is 13.5. The van der Waals surface area contributed by atoms with Crippen LogP contribution >= 0.6 is 15.9 Å². The normalized spacial score (nSPS) is 17.2. The molecule has 6 nitrogen and oxygen atoms in total. The molecule has 0 amide bonds. The molecule has 1 aromatic heterocycles. The molecule has 112 valence electrons. The Labute approximate surface area is 132 Å². The van der Waals surface area contributed by atoms with Gasteiger partial charge in [0.2, 0.25) is 11.8 Å². The Balaban J connectivity index is 1.59. The molecule has 0 atom stereocenters. The van der Waals surface area contributed by atoms with E-state index >= 15 is 0 Å². The molecule has 0 spiro atoms. The summed E-state index contributed by atoms with van der Waals surface area (Å²) in [5.74, 6) is 1.14. The van der Waals surface area contributed by atoms with Crippen LogP contribution < -0.4 is 5.43 Å². The van der Waals surface area contributed by atoms with Crippen molar-refractivity contribution < 1.29 is 4.42 Å². The van der Waals surface area contributed by atoms with Gasteiger partial charge in [0.15, 0.2) is 0 Å². The topological polar surface area (TPSA) is 57.4 Å². The maximum absolute atomic E-state index is 5.71. The van der Waals surface area contributed by atoms with Crippen LogP contribution in [0.4, 0.5) is 0 Å². The molecule has 2 heterocycles. The minimum absolute atomic E-state index is 0.539. The molecule has 3 rings (SSSR count). The lowest BCUT2D eigenvalue weighted by Crippen LogP contribution is -2.50. The van der Waals surface area contributed by atoms with E-state index in [0.717, 1.165) is 36.2 Å². The van der Waals surface area contributed by atoms with E-state index in [0.29, 0.717) is 18.3 Å². The number of hydrogen-bond donors (Lipinski definition) is 1. The molecule has 0 saturated carbocycles. The summed E-state index contributed by atoms with van der Waals surface area (Å²) in [6.07, 6.45) is 0. The van der Waals surface area contributed by atoms with Crippen LogP contribution in [0.25, 0.3) is 11.5 Å². The highest BCUT2D eigenvalue weighted by atomic mass is 79.9. The summed E-state index contributed by atoms with van der Waals surface area (Å²) in [6, 6.07) is 7.82. The highest BCUT2D eigenvalue weighted by Gasteiger charge is 2.15. The van der Waals surface area contributed by atoms with Crippen molar-refractivity contribution >= 4 is 15.9 Å². The molecular formula is C14H18BrN5O. The van der Waals surface area contributed by atoms with Gasteiger partial charge in [-0.3, -0.25) is 0 Å². The van der Waals surface area contributed by atoms with Gasteiger partial charge in [-0.1, -0.05) is 12.1 Å². The number of aromatic nitrogens is 2. The summed E-state index contributed by atoms with van der Waals surface area (Å²) >= 11 is 3.49. The number of nitrogens with zero attached hydrogens (tertiary/aromatic N) is 4. The van der Waals surface area contributed by atoms with Crippen LogP contribution in [0, 0.1) is 0 Å². The van der Waals surface area contributed by atoms with E-state index in [-0.39, 0.29) is 0 Å². The van der Waals surface area contributed by atoms with Gasteiger partial charge in [0.1, 0.15) is 0 Å². The Kier molecular flexibility index (Phi) is 4.64. The molecular weight excluding hydrogens is 334 g/mol. The molecule has 1 aliphatic rings. The summed E-state index contributed by atoms with van der Waals surface area (Å²) in [7, 11) is 2.14. The van der Waals surface area contributed by atoms with Gasteiger partial charge in [-0.25, -0.2) is 10.4 Å². The lowest BCUT2D eigenvalue weighted by atomic mass is 10.2. The van der Waals surface area contributed by atoms with Crippen LogP contribution in [0.2, 0.25) is 0 Å². The van der Waals surface area contributed by atoms with Crippen LogP contribution in [-0.2, 0) is 6.54 Å². The Hall–Kier alpha value is -1.28. The molecule has 1 fully saturated rings. The van der Waals surface area contributed by atoms with E-state index in [2.05, 4.69) is 48.5 Å². The summed E-state index contributed by atoms with van der Waals surface area (Å²) in [4.78, 5) is 2.32. The van der Waals surface area contributed by atoms with Crippen LogP contribution in [-0.4, -0.2) is 53.3 Å². The number of rotatable bonds is 4. The number of nitrogens with one attached hydrogen (secondary N) is 1. The van der Waals surface area contributed by atoms with Crippen LogP contribution in [0.5, 0.6) is 0 Å². The average Bonchev–Trinajstić information content (AvgIpc) is 2.96. The van der Waals surface area contributed by atoms with E-state index in [1.165, 1.54) is 0 Å². The standard InChI is InChI=1S/C14H18BrN5O/c1-19-6-8-20(9-7-19)16-10-13-17-18-14(21-13)11-4-2-3-5-12(11)15/h2-5,16H,6-10H2,1H3. The largest absolute Gasteiger partial charge is 0.419 e. The van der Waals surface area contributed by atoms with Crippen molar-refractivity contribution in [2.45, 2.75) is 6.54 Å². The third kappa shape index (κ3) is 3.68. The molecule has 21 heavy (non-hydrogen) atoms. The van der Waals surface area contributed by atoms with Gasteiger partial charge in [-0.15, -0.1) is 10.2 Å². The summed E-state index contributed by atoms with van der Waals surface area (Å²) < 4.78 is 6.66. The smallest absolute Gasteiger partial charge is 0.248 e. The van der Waals surface area contributed by atoms with Gasteiger partial charge < -0.3 is 9.32 Å². The third-order valence-corrected chi connectivity index (χ3v) is 4.22. The zero-order chi connectivity index (χ0) is 14.7. The van der Waals surface area contributed by atoms with E-state index in [4.69, 9.17) is 4.42 Å². The molecule has 0 bridgehead atoms. The second-order valence-electron chi connectivity index (χ2n) is 5.11. The first kappa shape index (κ1) is 14.6. The number of likely N-dealkylation sites (N-methyl/N-ethyl adjacent to an activating group) is 1. The first-order valence-corrected chi connectivity index (χ1v) is 7.76. The Bertz CT molecular complexity index is 595. The molecule has 0 radical (unpaired) electrons. The fraction of sp³-hybridized carbons (Fsp3) is 0.429. The Morgan fingerprint density at radius 3 is 2.71 bits per heavy atom.